The van der Waals surface area contributed by atoms with Gasteiger partial charge in [-0.15, -0.1) is 0 Å². The van der Waals surface area contributed by atoms with Crippen molar-refractivity contribution >= 4 is 28.3 Å². The normalized spacial score (nSPS) is 17.7. The molecule has 0 unspecified atom stereocenters. The van der Waals surface area contributed by atoms with Gasteiger partial charge in [-0.1, -0.05) is 60.7 Å². The molecule has 4 rings (SSSR count). The number of amides is 2. The van der Waals surface area contributed by atoms with Crippen LogP contribution in [0.2, 0.25) is 0 Å². The standard InChI is InChI=1S/C23H22N2O3/c26-21(20-12-6-8-16-7-4-5-11-19(16)20)14-24-23(28)17-13-22(27)25(15-17)18-9-2-1-3-10-18/h1-12,17,21,26H,13-15H2,(H,24,28)/t17-,21-/m0/s1. The average molecular weight is 374 g/mol. The number of rotatable bonds is 5. The number of hydrogen-bond acceptors (Lipinski definition) is 3. The molecule has 0 aromatic heterocycles. The van der Waals surface area contributed by atoms with Gasteiger partial charge in [0.05, 0.1) is 12.0 Å². The molecule has 0 radical (unpaired) electrons. The van der Waals surface area contributed by atoms with Crippen LogP contribution >= 0.6 is 0 Å². The summed E-state index contributed by atoms with van der Waals surface area (Å²) in [7, 11) is 0. The number of aliphatic hydroxyl groups is 1. The fraction of sp³-hybridized carbons (Fsp3) is 0.217. The van der Waals surface area contributed by atoms with Gasteiger partial charge in [-0.2, -0.15) is 0 Å². The van der Waals surface area contributed by atoms with Gasteiger partial charge in [0.15, 0.2) is 0 Å². The second-order valence-electron chi connectivity index (χ2n) is 7.07. The molecule has 2 N–H and O–H groups in total. The molecule has 1 heterocycles. The van der Waals surface area contributed by atoms with Gasteiger partial charge in [0.2, 0.25) is 11.8 Å². The highest BCUT2D eigenvalue weighted by Crippen LogP contribution is 2.26. The van der Waals surface area contributed by atoms with E-state index in [1.54, 1.807) is 4.90 Å². The SMILES string of the molecule is O=C(NC[C@H](O)c1cccc2ccccc12)[C@H]1CC(=O)N(c2ccccc2)C1. The Kier molecular flexibility index (Phi) is 5.08. The van der Waals surface area contributed by atoms with Crippen molar-refractivity contribution < 1.29 is 14.7 Å². The number of carbonyl (C=O) groups excluding carboxylic acids is 2. The van der Waals surface area contributed by atoms with Crippen LogP contribution in [0.5, 0.6) is 0 Å². The molecule has 2 amide bonds. The lowest BCUT2D eigenvalue weighted by Crippen LogP contribution is -2.35. The Balaban J connectivity index is 1.40. The molecule has 3 aromatic rings. The summed E-state index contributed by atoms with van der Waals surface area (Å²) >= 11 is 0. The van der Waals surface area contributed by atoms with Crippen LogP contribution in [-0.4, -0.2) is 30.0 Å². The summed E-state index contributed by atoms with van der Waals surface area (Å²) in [6, 6.07) is 23.0. The topological polar surface area (TPSA) is 69.6 Å². The van der Waals surface area contributed by atoms with Gasteiger partial charge in [-0.25, -0.2) is 0 Å². The summed E-state index contributed by atoms with van der Waals surface area (Å²) in [6.07, 6.45) is -0.622. The van der Waals surface area contributed by atoms with Crippen molar-refractivity contribution in [2.24, 2.45) is 5.92 Å². The number of para-hydroxylation sites is 1. The number of hydrogen-bond donors (Lipinski definition) is 2. The third-order valence-electron chi connectivity index (χ3n) is 5.22. The Morgan fingerprint density at radius 3 is 2.57 bits per heavy atom. The summed E-state index contributed by atoms with van der Waals surface area (Å²) in [5, 5.41) is 15.4. The van der Waals surface area contributed by atoms with Crippen LogP contribution in [0.25, 0.3) is 10.8 Å². The molecule has 142 valence electrons. The Morgan fingerprint density at radius 1 is 1.04 bits per heavy atom. The molecule has 0 aliphatic carbocycles. The van der Waals surface area contributed by atoms with Crippen molar-refractivity contribution in [3.63, 3.8) is 0 Å². The Morgan fingerprint density at radius 2 is 1.75 bits per heavy atom. The lowest BCUT2D eigenvalue weighted by molar-refractivity contribution is -0.126. The van der Waals surface area contributed by atoms with Crippen LogP contribution in [-0.2, 0) is 9.59 Å². The fourth-order valence-electron chi connectivity index (χ4n) is 3.73. The van der Waals surface area contributed by atoms with Crippen molar-refractivity contribution in [2.45, 2.75) is 12.5 Å². The van der Waals surface area contributed by atoms with Crippen molar-refractivity contribution in [1.29, 1.82) is 0 Å². The Bertz CT molecular complexity index is 998. The molecule has 1 saturated heterocycles. The van der Waals surface area contributed by atoms with E-state index in [0.717, 1.165) is 22.0 Å². The summed E-state index contributed by atoms with van der Waals surface area (Å²) in [6.45, 7) is 0.474. The van der Waals surface area contributed by atoms with Crippen LogP contribution in [0.3, 0.4) is 0 Å². The summed E-state index contributed by atoms with van der Waals surface area (Å²) in [5.74, 6) is -0.667. The summed E-state index contributed by atoms with van der Waals surface area (Å²) in [4.78, 5) is 26.5. The maximum Gasteiger partial charge on any atom is 0.227 e. The molecule has 28 heavy (non-hydrogen) atoms. The molecule has 0 saturated carbocycles. The van der Waals surface area contributed by atoms with Crippen molar-refractivity contribution in [3.05, 3.63) is 78.4 Å². The van der Waals surface area contributed by atoms with Crippen LogP contribution in [0, 0.1) is 5.92 Å². The average Bonchev–Trinajstić information content (AvgIpc) is 3.13. The van der Waals surface area contributed by atoms with E-state index in [-0.39, 0.29) is 24.8 Å². The van der Waals surface area contributed by atoms with Gasteiger partial charge in [0.25, 0.3) is 0 Å². The van der Waals surface area contributed by atoms with Gasteiger partial charge < -0.3 is 15.3 Å². The predicted octanol–water partition coefficient (Wildman–Crippen LogP) is 3.04. The van der Waals surface area contributed by atoms with E-state index < -0.39 is 12.0 Å². The third kappa shape index (κ3) is 3.62. The molecule has 1 fully saturated rings. The number of anilines is 1. The highest BCUT2D eigenvalue weighted by atomic mass is 16.3. The first-order valence-electron chi connectivity index (χ1n) is 9.42. The van der Waals surface area contributed by atoms with Crippen molar-refractivity contribution in [1.82, 2.24) is 5.32 Å². The first-order valence-corrected chi connectivity index (χ1v) is 9.42. The number of carbonyl (C=O) groups is 2. The highest BCUT2D eigenvalue weighted by molar-refractivity contribution is 6.00. The van der Waals surface area contributed by atoms with Crippen LogP contribution in [0.4, 0.5) is 5.69 Å². The van der Waals surface area contributed by atoms with Gasteiger partial charge in [0.1, 0.15) is 0 Å². The fourth-order valence-corrected chi connectivity index (χ4v) is 3.73. The number of benzene rings is 3. The van der Waals surface area contributed by atoms with Gasteiger partial charge >= 0.3 is 0 Å². The molecule has 0 spiro atoms. The maximum atomic E-state index is 12.6. The molecule has 5 nitrogen and oxygen atoms in total. The van der Waals surface area contributed by atoms with Gasteiger partial charge in [-0.05, 0) is 28.5 Å². The molecular weight excluding hydrogens is 352 g/mol. The molecule has 2 atom stereocenters. The smallest absolute Gasteiger partial charge is 0.227 e. The number of fused-ring (bicyclic) bond motifs is 1. The Hall–Kier alpha value is -3.18. The monoisotopic (exact) mass is 374 g/mol. The maximum absolute atomic E-state index is 12.6. The first-order chi connectivity index (χ1) is 13.6. The van der Waals surface area contributed by atoms with E-state index >= 15 is 0 Å². The second kappa shape index (κ2) is 7.82. The quantitative estimate of drug-likeness (QED) is 0.721. The van der Waals surface area contributed by atoms with Crippen LogP contribution < -0.4 is 10.2 Å². The first kappa shape index (κ1) is 18.2. The third-order valence-corrected chi connectivity index (χ3v) is 5.22. The minimum absolute atomic E-state index is 0.0547. The van der Waals surface area contributed by atoms with E-state index in [9.17, 15) is 14.7 Å². The second-order valence-corrected chi connectivity index (χ2v) is 7.07. The zero-order chi connectivity index (χ0) is 19.5. The van der Waals surface area contributed by atoms with E-state index in [2.05, 4.69) is 5.32 Å². The lowest BCUT2D eigenvalue weighted by atomic mass is 10.00. The molecule has 1 aliphatic rings. The van der Waals surface area contributed by atoms with E-state index in [1.165, 1.54) is 0 Å². The van der Waals surface area contributed by atoms with Crippen LogP contribution in [0.1, 0.15) is 18.1 Å². The number of aliphatic hydroxyl groups excluding tert-OH is 1. The lowest BCUT2D eigenvalue weighted by Gasteiger charge is -2.18. The van der Waals surface area contributed by atoms with Crippen LogP contribution in [0.15, 0.2) is 72.8 Å². The molecule has 0 bridgehead atoms. The number of nitrogens with one attached hydrogen (secondary N) is 1. The zero-order valence-electron chi connectivity index (χ0n) is 15.4. The minimum Gasteiger partial charge on any atom is -0.387 e. The number of nitrogens with zero attached hydrogens (tertiary/aromatic N) is 1. The van der Waals surface area contributed by atoms with E-state index in [0.29, 0.717) is 6.54 Å². The summed E-state index contributed by atoms with van der Waals surface area (Å²) in [5.41, 5.74) is 1.59. The molecular formula is C23H22N2O3. The minimum atomic E-state index is -0.808. The highest BCUT2D eigenvalue weighted by Gasteiger charge is 2.35. The largest absolute Gasteiger partial charge is 0.387 e. The van der Waals surface area contributed by atoms with Gasteiger partial charge in [-0.3, -0.25) is 9.59 Å². The van der Waals surface area contributed by atoms with Crippen molar-refractivity contribution in [2.75, 3.05) is 18.0 Å². The van der Waals surface area contributed by atoms with E-state index in [1.807, 2.05) is 72.8 Å². The molecule has 5 heteroatoms. The van der Waals surface area contributed by atoms with Gasteiger partial charge in [0, 0.05) is 25.2 Å². The zero-order valence-corrected chi connectivity index (χ0v) is 15.4. The summed E-state index contributed by atoms with van der Waals surface area (Å²) < 4.78 is 0. The molecule has 1 aliphatic heterocycles. The molecule has 3 aromatic carbocycles. The Labute approximate surface area is 163 Å². The van der Waals surface area contributed by atoms with Crippen molar-refractivity contribution in [3.8, 4) is 0 Å². The predicted molar refractivity (Wildman–Crippen MR) is 109 cm³/mol. The van der Waals surface area contributed by atoms with E-state index in [4.69, 9.17) is 0 Å².